The lowest BCUT2D eigenvalue weighted by Gasteiger charge is -2.28. The number of nitrogens with two attached hydrogens (primary N) is 1. The largest absolute Gasteiger partial charge is 0.378 e. The first-order valence-electron chi connectivity index (χ1n) is 9.87. The molecule has 4 rings (SSSR count). The quantitative estimate of drug-likeness (QED) is 0.446. The van der Waals surface area contributed by atoms with Crippen LogP contribution in [0.1, 0.15) is 12.0 Å². The zero-order valence-corrected chi connectivity index (χ0v) is 17.6. The molecule has 156 valence electrons. The fourth-order valence-electron chi connectivity index (χ4n) is 3.61. The predicted molar refractivity (Wildman–Crippen MR) is 122 cm³/mol. The van der Waals surface area contributed by atoms with E-state index in [1.54, 1.807) is 12.4 Å². The monoisotopic (exact) mass is 423 g/mol. The van der Waals surface area contributed by atoms with Crippen LogP contribution in [0.15, 0.2) is 62.9 Å². The molecule has 2 N–H and O–H groups in total. The summed E-state index contributed by atoms with van der Waals surface area (Å²) in [4.78, 5) is 22.7. The molecule has 9 heteroatoms. The lowest BCUT2D eigenvalue weighted by atomic mass is 10.1. The average Bonchev–Trinajstić information content (AvgIpc) is 3.16. The summed E-state index contributed by atoms with van der Waals surface area (Å²) in [6, 6.07) is 8.09. The van der Waals surface area contributed by atoms with Gasteiger partial charge in [0.2, 0.25) is 11.9 Å². The number of anilines is 2. The predicted octanol–water partition coefficient (Wildman–Crippen LogP) is 2.40. The van der Waals surface area contributed by atoms with Crippen molar-refractivity contribution in [2.45, 2.75) is 17.7 Å². The van der Waals surface area contributed by atoms with Gasteiger partial charge in [-0.3, -0.25) is 0 Å². The number of thiol groups is 1. The summed E-state index contributed by atoms with van der Waals surface area (Å²) in [5.74, 6) is 1.79. The standard InChI is InChI=1S/C21H25N7OS/c1-23-21(27-8-10-29-11-9-27)26-19-16(12-15-13-24-20(22)25-14-15)6-7-28(19)17-2-4-18(30)5-3-17/h2-5,13-14,30H,1,6-12H2,(H2,22,24,25)/b26-21+. The number of nitrogen functional groups attached to an aromatic ring is 1. The van der Waals surface area contributed by atoms with Crippen LogP contribution in [0.5, 0.6) is 0 Å². The average molecular weight is 424 g/mol. The molecule has 0 amide bonds. The molecular weight excluding hydrogens is 398 g/mol. The third-order valence-electron chi connectivity index (χ3n) is 5.15. The van der Waals surface area contributed by atoms with Crippen molar-refractivity contribution in [2.24, 2.45) is 9.98 Å². The van der Waals surface area contributed by atoms with Gasteiger partial charge in [-0.1, -0.05) is 0 Å². The van der Waals surface area contributed by atoms with E-state index in [-0.39, 0.29) is 5.95 Å². The van der Waals surface area contributed by atoms with Gasteiger partial charge in [-0.05, 0) is 48.5 Å². The van der Waals surface area contributed by atoms with E-state index in [1.807, 2.05) is 12.1 Å². The van der Waals surface area contributed by atoms with Crippen molar-refractivity contribution in [2.75, 3.05) is 43.5 Å². The second-order valence-electron chi connectivity index (χ2n) is 7.14. The molecule has 0 saturated carbocycles. The Bertz CT molecular complexity index is 950. The molecule has 0 unspecified atom stereocenters. The first kappa shape index (κ1) is 20.4. The number of guanidine groups is 1. The Labute approximate surface area is 181 Å². The van der Waals surface area contributed by atoms with Crippen molar-refractivity contribution in [3.8, 4) is 0 Å². The van der Waals surface area contributed by atoms with Gasteiger partial charge in [0.05, 0.1) is 13.2 Å². The zero-order chi connectivity index (χ0) is 20.9. The molecule has 1 saturated heterocycles. The van der Waals surface area contributed by atoms with Crippen molar-refractivity contribution in [3.05, 3.63) is 53.6 Å². The van der Waals surface area contributed by atoms with Crippen LogP contribution in [-0.2, 0) is 11.2 Å². The third-order valence-corrected chi connectivity index (χ3v) is 5.45. The van der Waals surface area contributed by atoms with E-state index in [2.05, 4.69) is 56.2 Å². The van der Waals surface area contributed by atoms with E-state index in [9.17, 15) is 0 Å². The number of hydrogen-bond acceptors (Lipinski definition) is 7. The molecule has 8 nitrogen and oxygen atoms in total. The Morgan fingerprint density at radius 2 is 1.83 bits per heavy atom. The van der Waals surface area contributed by atoms with Crippen LogP contribution in [-0.4, -0.2) is 60.4 Å². The fraction of sp³-hybridized carbons (Fsp3) is 0.333. The minimum absolute atomic E-state index is 0.274. The van der Waals surface area contributed by atoms with Gasteiger partial charge in [0.1, 0.15) is 5.82 Å². The molecule has 3 heterocycles. The highest BCUT2D eigenvalue weighted by Gasteiger charge is 2.26. The van der Waals surface area contributed by atoms with Gasteiger partial charge >= 0.3 is 0 Å². The summed E-state index contributed by atoms with van der Waals surface area (Å²) in [6.45, 7) is 7.42. The van der Waals surface area contributed by atoms with E-state index in [1.165, 1.54) is 5.57 Å². The molecule has 0 radical (unpaired) electrons. The van der Waals surface area contributed by atoms with Gasteiger partial charge in [-0.2, -0.15) is 4.99 Å². The van der Waals surface area contributed by atoms with Crippen LogP contribution in [0, 0.1) is 0 Å². The van der Waals surface area contributed by atoms with Crippen LogP contribution >= 0.6 is 12.6 Å². The first-order valence-corrected chi connectivity index (χ1v) is 10.3. The second-order valence-corrected chi connectivity index (χ2v) is 7.66. The van der Waals surface area contributed by atoms with Gasteiger partial charge in [0.15, 0.2) is 0 Å². The highest BCUT2D eigenvalue weighted by atomic mass is 32.1. The van der Waals surface area contributed by atoms with E-state index in [0.717, 1.165) is 48.0 Å². The van der Waals surface area contributed by atoms with Crippen LogP contribution in [0.3, 0.4) is 0 Å². The Morgan fingerprint density at radius 3 is 2.50 bits per heavy atom. The van der Waals surface area contributed by atoms with Crippen LogP contribution in [0.25, 0.3) is 0 Å². The van der Waals surface area contributed by atoms with Crippen LogP contribution < -0.4 is 10.6 Å². The molecule has 0 atom stereocenters. The minimum Gasteiger partial charge on any atom is -0.378 e. The molecule has 2 aliphatic rings. The molecule has 1 fully saturated rings. The van der Waals surface area contributed by atoms with Crippen LogP contribution in [0.4, 0.5) is 11.6 Å². The summed E-state index contributed by atoms with van der Waals surface area (Å²) in [7, 11) is 0. The molecular formula is C21H25N7OS. The first-order chi connectivity index (χ1) is 14.6. The molecule has 1 aromatic heterocycles. The number of aromatic nitrogens is 2. The SMILES string of the molecule is C=N/C(=N\C1=C(Cc2cnc(N)nc2)CCN1c1ccc(S)cc1)N1CCOCC1. The maximum atomic E-state index is 5.63. The summed E-state index contributed by atoms with van der Waals surface area (Å²) in [6.07, 6.45) is 5.13. The van der Waals surface area contributed by atoms with Gasteiger partial charge in [-0.15, -0.1) is 12.6 Å². The van der Waals surface area contributed by atoms with Crippen molar-refractivity contribution >= 4 is 36.9 Å². The zero-order valence-electron chi connectivity index (χ0n) is 16.7. The number of hydrogen-bond donors (Lipinski definition) is 2. The minimum atomic E-state index is 0.274. The van der Waals surface area contributed by atoms with Gasteiger partial charge in [0.25, 0.3) is 0 Å². The summed E-state index contributed by atoms with van der Waals surface area (Å²) in [5, 5.41) is 0. The molecule has 0 aliphatic carbocycles. The Morgan fingerprint density at radius 1 is 1.13 bits per heavy atom. The molecule has 30 heavy (non-hydrogen) atoms. The Hall–Kier alpha value is -2.91. The fourth-order valence-corrected chi connectivity index (χ4v) is 3.76. The van der Waals surface area contributed by atoms with Crippen molar-refractivity contribution in [1.29, 1.82) is 0 Å². The number of benzene rings is 1. The van der Waals surface area contributed by atoms with E-state index >= 15 is 0 Å². The van der Waals surface area contributed by atoms with Crippen molar-refractivity contribution in [1.82, 2.24) is 14.9 Å². The van der Waals surface area contributed by atoms with Crippen LogP contribution in [0.2, 0.25) is 0 Å². The van der Waals surface area contributed by atoms with E-state index in [4.69, 9.17) is 15.5 Å². The molecule has 0 bridgehead atoms. The summed E-state index contributed by atoms with van der Waals surface area (Å²) in [5.41, 5.74) is 8.90. The second kappa shape index (κ2) is 9.27. The Kier molecular flexibility index (Phi) is 6.29. The van der Waals surface area contributed by atoms with Gasteiger partial charge in [0, 0.05) is 49.0 Å². The maximum absolute atomic E-state index is 5.63. The maximum Gasteiger partial charge on any atom is 0.226 e. The molecule has 2 aromatic rings. The van der Waals surface area contributed by atoms with Gasteiger partial charge < -0.3 is 20.3 Å². The number of aliphatic imine (C=N–C) groups is 2. The summed E-state index contributed by atoms with van der Waals surface area (Å²) >= 11 is 4.40. The van der Waals surface area contributed by atoms with Crippen molar-refractivity contribution in [3.63, 3.8) is 0 Å². The number of nitrogens with zero attached hydrogens (tertiary/aromatic N) is 6. The highest BCUT2D eigenvalue weighted by molar-refractivity contribution is 7.80. The van der Waals surface area contributed by atoms with Crippen molar-refractivity contribution < 1.29 is 4.74 Å². The normalized spacial score (nSPS) is 17.6. The topological polar surface area (TPSA) is 92.2 Å². The lowest BCUT2D eigenvalue weighted by Crippen LogP contribution is -2.40. The van der Waals surface area contributed by atoms with Gasteiger partial charge in [-0.25, -0.2) is 15.0 Å². The third kappa shape index (κ3) is 4.63. The molecule has 1 aromatic carbocycles. The van der Waals surface area contributed by atoms with E-state index < -0.39 is 0 Å². The molecule has 0 spiro atoms. The Balaban J connectivity index is 1.71. The lowest BCUT2D eigenvalue weighted by molar-refractivity contribution is 0.0676. The summed E-state index contributed by atoms with van der Waals surface area (Å²) < 4.78 is 5.46. The van der Waals surface area contributed by atoms with E-state index in [0.29, 0.717) is 25.6 Å². The molecule has 2 aliphatic heterocycles. The smallest absolute Gasteiger partial charge is 0.226 e. The highest BCUT2D eigenvalue weighted by Crippen LogP contribution is 2.32. The number of morpholine rings is 1. The number of ether oxygens (including phenoxy) is 1. The number of rotatable bonds is 4.